The Balaban J connectivity index is 2.55. The summed E-state index contributed by atoms with van der Waals surface area (Å²) in [5.74, 6) is 0. The van der Waals surface area contributed by atoms with Crippen molar-refractivity contribution in [2.24, 2.45) is 0 Å². The lowest BCUT2D eigenvalue weighted by Gasteiger charge is -2.38. The molecule has 0 saturated heterocycles. The first-order chi connectivity index (χ1) is 12.9. The second kappa shape index (κ2) is 8.16. The molecule has 0 heterocycles. The molecule has 0 N–H and O–H groups in total. The van der Waals surface area contributed by atoms with Gasteiger partial charge in [0.2, 0.25) is 0 Å². The maximum atomic E-state index is 9.33. The molecule has 0 amide bonds. The highest BCUT2D eigenvalue weighted by molar-refractivity contribution is 6.94. The van der Waals surface area contributed by atoms with Gasteiger partial charge in [-0.1, -0.05) is 30.3 Å². The molecule has 0 aliphatic rings. The molecule has 0 spiro atoms. The first-order valence-corrected chi connectivity index (χ1v) is 18.5. The predicted octanol–water partition coefficient (Wildman–Crippen LogP) is 5.08. The van der Waals surface area contributed by atoms with E-state index in [0.717, 1.165) is 16.3 Å². The van der Waals surface area contributed by atoms with Gasteiger partial charge in [-0.25, -0.2) is 0 Å². The molecule has 4 nitrogen and oxygen atoms in total. The third-order valence-electron chi connectivity index (χ3n) is 3.98. The summed E-state index contributed by atoms with van der Waals surface area (Å²) in [6, 6.07) is 17.8. The van der Waals surface area contributed by atoms with Gasteiger partial charge in [-0.2, -0.15) is 10.5 Å². The van der Waals surface area contributed by atoms with Crippen LogP contribution in [0.5, 0.6) is 0 Å². The number of hydrogen-bond donors (Lipinski definition) is 0. The van der Waals surface area contributed by atoms with Crippen LogP contribution in [0.3, 0.4) is 0 Å². The van der Waals surface area contributed by atoms with Crippen LogP contribution in [-0.2, 0) is 8.23 Å². The van der Waals surface area contributed by atoms with Gasteiger partial charge in [-0.05, 0) is 74.3 Å². The van der Waals surface area contributed by atoms with Crippen LogP contribution in [0, 0.1) is 22.7 Å². The normalized spacial score (nSPS) is 12.3. The zero-order chi connectivity index (χ0) is 21.2. The monoisotopic (exact) mass is 424 g/mol. The third-order valence-corrected chi connectivity index (χ3v) is 13.4. The number of rotatable bonds is 6. The van der Waals surface area contributed by atoms with Gasteiger partial charge in [-0.3, -0.25) is 0 Å². The summed E-state index contributed by atoms with van der Waals surface area (Å²) in [5, 5.41) is 19.6. The molecule has 0 bridgehead atoms. The minimum atomic E-state index is -2.59. The van der Waals surface area contributed by atoms with E-state index < -0.39 is 25.2 Å². The van der Waals surface area contributed by atoms with Gasteiger partial charge >= 0.3 is 8.56 Å². The lowest BCUT2D eigenvalue weighted by atomic mass is 10.0. The van der Waals surface area contributed by atoms with Crippen LogP contribution in [0.25, 0.3) is 11.1 Å². The van der Waals surface area contributed by atoms with Crippen molar-refractivity contribution in [1.29, 1.82) is 10.5 Å². The molecule has 0 aliphatic heterocycles. The minimum absolute atomic E-state index is 0.391. The summed E-state index contributed by atoms with van der Waals surface area (Å²) in [6.45, 7) is 15.3. The molecule has 0 saturated carbocycles. The fraction of sp³-hybridized carbons (Fsp3) is 0.333. The van der Waals surface area contributed by atoms with E-state index in [4.69, 9.17) is 13.5 Å². The van der Waals surface area contributed by atoms with Crippen molar-refractivity contribution in [3.63, 3.8) is 0 Å². The Labute approximate surface area is 171 Å². The third kappa shape index (κ3) is 5.74. The van der Waals surface area contributed by atoms with Gasteiger partial charge in [0.1, 0.15) is 12.1 Å². The SMILES string of the molecule is C[Si](C)(C)O[Si](C)(O[Si](C)(C)C)c1cccc(-c2ccc(C#N)c(C#N)c2)c1. The maximum absolute atomic E-state index is 9.33. The second-order valence-electron chi connectivity index (χ2n) is 8.94. The van der Waals surface area contributed by atoms with Crippen LogP contribution in [0.2, 0.25) is 45.8 Å². The summed E-state index contributed by atoms with van der Waals surface area (Å²) in [6.07, 6.45) is 0. The van der Waals surface area contributed by atoms with Crippen molar-refractivity contribution in [3.8, 4) is 23.3 Å². The van der Waals surface area contributed by atoms with Crippen molar-refractivity contribution < 1.29 is 8.23 Å². The molecule has 0 atom stereocenters. The number of benzene rings is 2. The van der Waals surface area contributed by atoms with E-state index in [2.05, 4.69) is 70.1 Å². The van der Waals surface area contributed by atoms with E-state index in [1.807, 2.05) is 18.2 Å². The van der Waals surface area contributed by atoms with Crippen LogP contribution >= 0.6 is 0 Å². The minimum Gasteiger partial charge on any atom is -0.433 e. The highest BCUT2D eigenvalue weighted by Crippen LogP contribution is 2.25. The molecule has 146 valence electrons. The molecule has 0 radical (unpaired) electrons. The van der Waals surface area contributed by atoms with Gasteiger partial charge in [0.05, 0.1) is 11.1 Å². The van der Waals surface area contributed by atoms with E-state index >= 15 is 0 Å². The quantitative estimate of drug-likeness (QED) is 0.607. The van der Waals surface area contributed by atoms with Crippen molar-refractivity contribution in [2.75, 3.05) is 0 Å². The summed E-state index contributed by atoms with van der Waals surface area (Å²) in [4.78, 5) is 0. The Morgan fingerprint density at radius 2 is 1.21 bits per heavy atom. The summed E-state index contributed by atoms with van der Waals surface area (Å²) >= 11 is 0. The van der Waals surface area contributed by atoms with Gasteiger partial charge in [-0.15, -0.1) is 0 Å². The number of nitriles is 2. The van der Waals surface area contributed by atoms with E-state index in [1.54, 1.807) is 12.1 Å². The van der Waals surface area contributed by atoms with Gasteiger partial charge in [0, 0.05) is 0 Å². The molecule has 7 heteroatoms. The Morgan fingerprint density at radius 1 is 0.679 bits per heavy atom. The van der Waals surface area contributed by atoms with E-state index in [0.29, 0.717) is 11.1 Å². The molecule has 28 heavy (non-hydrogen) atoms. The lowest BCUT2D eigenvalue weighted by Crippen LogP contribution is -2.60. The summed E-state index contributed by atoms with van der Waals surface area (Å²) in [7, 11) is -6.23. The molecular weight excluding hydrogens is 397 g/mol. The van der Waals surface area contributed by atoms with Crippen LogP contribution < -0.4 is 5.19 Å². The largest absolute Gasteiger partial charge is 0.433 e. The lowest BCUT2D eigenvalue weighted by molar-refractivity contribution is 0.404. The summed E-state index contributed by atoms with van der Waals surface area (Å²) in [5.41, 5.74) is 2.69. The fourth-order valence-electron chi connectivity index (χ4n) is 3.20. The van der Waals surface area contributed by atoms with Crippen molar-refractivity contribution >= 4 is 30.4 Å². The van der Waals surface area contributed by atoms with Crippen LogP contribution in [-0.4, -0.2) is 25.2 Å². The Morgan fingerprint density at radius 3 is 1.71 bits per heavy atom. The van der Waals surface area contributed by atoms with Crippen LogP contribution in [0.4, 0.5) is 0 Å². The molecule has 0 aliphatic carbocycles. The molecule has 2 aromatic carbocycles. The second-order valence-corrected chi connectivity index (χ2v) is 21.5. The smallest absolute Gasteiger partial charge is 0.348 e. The van der Waals surface area contributed by atoms with Crippen molar-refractivity contribution in [1.82, 2.24) is 0 Å². The first-order valence-electron chi connectivity index (χ1n) is 9.32. The Kier molecular flexibility index (Phi) is 6.49. The number of hydrogen-bond acceptors (Lipinski definition) is 4. The summed E-state index contributed by atoms with van der Waals surface area (Å²) < 4.78 is 13.3. The molecule has 2 rings (SSSR count). The van der Waals surface area contributed by atoms with E-state index in [9.17, 15) is 5.26 Å². The highest BCUT2D eigenvalue weighted by Gasteiger charge is 2.42. The highest BCUT2D eigenvalue weighted by atomic mass is 28.5. The number of nitrogens with zero attached hydrogens (tertiary/aromatic N) is 2. The fourth-order valence-corrected chi connectivity index (χ4v) is 14.9. The average Bonchev–Trinajstić information content (AvgIpc) is 2.58. The van der Waals surface area contributed by atoms with Gasteiger partial charge < -0.3 is 8.23 Å². The van der Waals surface area contributed by atoms with Gasteiger partial charge in [0.15, 0.2) is 16.6 Å². The van der Waals surface area contributed by atoms with E-state index in [-0.39, 0.29) is 0 Å². The molecule has 0 fully saturated rings. The first kappa shape index (κ1) is 22.3. The van der Waals surface area contributed by atoms with Crippen LogP contribution in [0.1, 0.15) is 11.1 Å². The van der Waals surface area contributed by atoms with E-state index in [1.165, 1.54) is 0 Å². The Bertz CT molecular complexity index is 932. The Hall–Kier alpha value is -2.01. The average molecular weight is 425 g/mol. The molecule has 2 aromatic rings. The van der Waals surface area contributed by atoms with Crippen molar-refractivity contribution in [3.05, 3.63) is 53.6 Å². The molecule has 0 aromatic heterocycles. The van der Waals surface area contributed by atoms with Crippen molar-refractivity contribution in [2.45, 2.75) is 45.8 Å². The zero-order valence-electron chi connectivity index (χ0n) is 17.8. The zero-order valence-corrected chi connectivity index (χ0v) is 20.8. The maximum Gasteiger partial charge on any atom is 0.348 e. The topological polar surface area (TPSA) is 66.0 Å². The molecule has 0 unspecified atom stereocenters. The van der Waals surface area contributed by atoms with Crippen LogP contribution in [0.15, 0.2) is 42.5 Å². The standard InChI is InChI=1S/C21H28N2O2Si3/c1-26(2,3)24-28(7,25-27(4,5)6)21-10-8-9-17(14-21)18-11-12-19(15-22)20(13-18)16-23/h8-14H,1-7H3. The predicted molar refractivity (Wildman–Crippen MR) is 121 cm³/mol. The van der Waals surface area contributed by atoms with Gasteiger partial charge in [0.25, 0.3) is 0 Å². The molecular formula is C21H28N2O2Si3.